The largest absolute Gasteiger partial charge is 0.790 e. The van der Waals surface area contributed by atoms with Crippen molar-refractivity contribution < 1.29 is 28.7 Å². The number of aromatic nitrogens is 2. The van der Waals surface area contributed by atoms with E-state index in [1.165, 1.54) is 18.3 Å². The number of nitriles is 1. The molecule has 1 aromatic carbocycles. The van der Waals surface area contributed by atoms with Crippen LogP contribution in [0, 0.1) is 11.3 Å². The Kier molecular flexibility index (Phi) is 5.62. The van der Waals surface area contributed by atoms with Gasteiger partial charge in [0.25, 0.3) is 5.56 Å². The van der Waals surface area contributed by atoms with Crippen LogP contribution in [0.2, 0.25) is 0 Å². The molecular formula is C16H14N3O8P-2. The molecule has 148 valence electrons. The van der Waals surface area contributed by atoms with Crippen molar-refractivity contribution in [3.05, 3.63) is 56.9 Å². The first-order valence-corrected chi connectivity index (χ1v) is 9.50. The van der Waals surface area contributed by atoms with E-state index in [-0.39, 0.29) is 12.0 Å². The lowest BCUT2D eigenvalue weighted by molar-refractivity contribution is -0.343. The van der Waals surface area contributed by atoms with Crippen molar-refractivity contribution in [1.29, 1.82) is 5.26 Å². The predicted octanol–water partition coefficient (Wildman–Crippen LogP) is -1.43. The number of aliphatic hydroxyl groups is 1. The number of benzene rings is 1. The first-order chi connectivity index (χ1) is 13.2. The molecule has 3 unspecified atom stereocenters. The van der Waals surface area contributed by atoms with Gasteiger partial charge in [0.1, 0.15) is 12.3 Å². The second-order valence-corrected chi connectivity index (χ2v) is 7.23. The van der Waals surface area contributed by atoms with Gasteiger partial charge in [0, 0.05) is 12.6 Å². The highest BCUT2D eigenvalue weighted by molar-refractivity contribution is 7.43. The van der Waals surface area contributed by atoms with Gasteiger partial charge in [0.15, 0.2) is 0 Å². The maximum atomic E-state index is 12.2. The minimum absolute atomic E-state index is 0.0885. The van der Waals surface area contributed by atoms with Crippen LogP contribution in [-0.2, 0) is 13.8 Å². The monoisotopic (exact) mass is 407 g/mol. The zero-order valence-electron chi connectivity index (χ0n) is 14.2. The van der Waals surface area contributed by atoms with E-state index in [4.69, 9.17) is 10.00 Å². The fourth-order valence-corrected chi connectivity index (χ4v) is 3.16. The van der Waals surface area contributed by atoms with Gasteiger partial charge in [0.2, 0.25) is 0 Å². The Morgan fingerprint density at radius 2 is 2.04 bits per heavy atom. The van der Waals surface area contributed by atoms with E-state index in [9.17, 15) is 29.0 Å². The molecule has 0 saturated carbocycles. The van der Waals surface area contributed by atoms with Crippen molar-refractivity contribution in [1.82, 2.24) is 9.55 Å². The fraction of sp³-hybridized carbons (Fsp3) is 0.312. The molecule has 1 aromatic heterocycles. The van der Waals surface area contributed by atoms with E-state index in [1.807, 2.05) is 6.07 Å². The van der Waals surface area contributed by atoms with E-state index in [2.05, 4.69) is 9.51 Å². The van der Waals surface area contributed by atoms with Crippen LogP contribution in [0.4, 0.5) is 0 Å². The second kappa shape index (κ2) is 7.81. The Bertz CT molecular complexity index is 1070. The lowest BCUT2D eigenvalue weighted by atomic mass is 10.1. The molecule has 2 aromatic rings. The third-order valence-corrected chi connectivity index (χ3v) is 4.67. The van der Waals surface area contributed by atoms with E-state index in [0.29, 0.717) is 11.1 Å². The maximum absolute atomic E-state index is 12.2. The first kappa shape index (κ1) is 20.2. The molecule has 2 N–H and O–H groups in total. The summed E-state index contributed by atoms with van der Waals surface area (Å²) in [6.07, 6.45) is -2.18. The number of aromatic amines is 1. The predicted molar refractivity (Wildman–Crippen MR) is 89.6 cm³/mol. The molecule has 1 aliphatic rings. The highest BCUT2D eigenvalue weighted by atomic mass is 31.2. The Morgan fingerprint density at radius 1 is 1.36 bits per heavy atom. The summed E-state index contributed by atoms with van der Waals surface area (Å²) < 4.78 is 21.2. The van der Waals surface area contributed by atoms with Crippen molar-refractivity contribution in [2.45, 2.75) is 24.9 Å². The molecule has 0 bridgehead atoms. The standard InChI is InChI=1S/C16H16N3O8P/c17-6-9-1-3-10(4-2-9)11-7-19(16(22)18-15(11)21)14-5-12(20)13(27-14)8-26-28(23,24)25/h1-4,7,12-14,20H,5,8H2,(H,18,21,22)(H2,23,24,25)/p-2. The summed E-state index contributed by atoms with van der Waals surface area (Å²) in [5, 5.41) is 18.8. The average Bonchev–Trinajstić information content (AvgIpc) is 3.00. The molecule has 2 heterocycles. The lowest BCUT2D eigenvalue weighted by Gasteiger charge is -2.30. The molecule has 11 nitrogen and oxygen atoms in total. The molecule has 1 aliphatic heterocycles. The zero-order chi connectivity index (χ0) is 20.5. The number of aliphatic hydroxyl groups excluding tert-OH is 1. The van der Waals surface area contributed by atoms with Crippen molar-refractivity contribution in [2.24, 2.45) is 0 Å². The van der Waals surface area contributed by atoms with E-state index < -0.39 is 44.1 Å². The summed E-state index contributed by atoms with van der Waals surface area (Å²) in [7, 11) is -5.24. The number of nitrogens with zero attached hydrogens (tertiary/aromatic N) is 2. The molecule has 3 rings (SSSR count). The molecule has 0 amide bonds. The number of ether oxygens (including phenoxy) is 1. The molecule has 1 saturated heterocycles. The molecular weight excluding hydrogens is 393 g/mol. The summed E-state index contributed by atoms with van der Waals surface area (Å²) in [5.41, 5.74) is -0.466. The topological polar surface area (TPSA) is 181 Å². The SMILES string of the molecule is N#Cc1ccc(-c2cn(C3CC(O)C(COP(=O)([O-])[O-])O3)c(=O)[nH]c2=O)cc1. The minimum atomic E-state index is -5.24. The number of phosphoric ester groups is 1. The van der Waals surface area contributed by atoms with Crippen molar-refractivity contribution in [3.63, 3.8) is 0 Å². The van der Waals surface area contributed by atoms with Crippen molar-refractivity contribution in [3.8, 4) is 17.2 Å². The molecule has 0 radical (unpaired) electrons. The van der Waals surface area contributed by atoms with Gasteiger partial charge in [-0.05, 0) is 17.7 Å². The van der Waals surface area contributed by atoms with E-state index in [1.54, 1.807) is 12.1 Å². The van der Waals surface area contributed by atoms with Gasteiger partial charge >= 0.3 is 5.69 Å². The Balaban J connectivity index is 1.88. The van der Waals surface area contributed by atoms with Gasteiger partial charge in [-0.15, -0.1) is 0 Å². The molecule has 12 heteroatoms. The van der Waals surface area contributed by atoms with Crippen LogP contribution in [-0.4, -0.2) is 33.5 Å². The molecule has 1 fully saturated rings. The lowest BCUT2D eigenvalue weighted by Crippen LogP contribution is -2.33. The van der Waals surface area contributed by atoms with Crippen LogP contribution in [0.25, 0.3) is 11.1 Å². The number of nitrogens with one attached hydrogen (secondary N) is 1. The first-order valence-electron chi connectivity index (χ1n) is 8.04. The van der Waals surface area contributed by atoms with Gasteiger partial charge in [-0.2, -0.15) is 5.26 Å². The van der Waals surface area contributed by atoms with Gasteiger partial charge in [-0.1, -0.05) is 12.1 Å². The molecule has 28 heavy (non-hydrogen) atoms. The summed E-state index contributed by atoms with van der Waals surface area (Å²) in [4.78, 5) is 47.6. The van der Waals surface area contributed by atoms with Crippen molar-refractivity contribution in [2.75, 3.05) is 6.61 Å². The van der Waals surface area contributed by atoms with E-state index in [0.717, 1.165) is 4.57 Å². The zero-order valence-corrected chi connectivity index (χ0v) is 15.1. The second-order valence-electron chi connectivity index (χ2n) is 6.07. The number of hydrogen-bond donors (Lipinski definition) is 2. The third kappa shape index (κ3) is 4.45. The Hall–Kier alpha value is -2.58. The summed E-state index contributed by atoms with van der Waals surface area (Å²) >= 11 is 0. The summed E-state index contributed by atoms with van der Waals surface area (Å²) in [6, 6.07) is 8.06. The van der Waals surface area contributed by atoms with Crippen molar-refractivity contribution >= 4 is 7.82 Å². The van der Waals surface area contributed by atoms with Crippen LogP contribution < -0.4 is 21.0 Å². The highest BCUT2D eigenvalue weighted by Gasteiger charge is 2.36. The average molecular weight is 407 g/mol. The maximum Gasteiger partial charge on any atom is 0.330 e. The minimum Gasteiger partial charge on any atom is -0.790 e. The Labute approximate surface area is 157 Å². The van der Waals surface area contributed by atoms with Crippen LogP contribution >= 0.6 is 7.82 Å². The van der Waals surface area contributed by atoms with E-state index >= 15 is 0 Å². The third-order valence-electron chi connectivity index (χ3n) is 4.20. The van der Waals surface area contributed by atoms with Crippen LogP contribution in [0.15, 0.2) is 40.1 Å². The van der Waals surface area contributed by atoms with Crippen LogP contribution in [0.5, 0.6) is 0 Å². The Morgan fingerprint density at radius 3 is 2.64 bits per heavy atom. The number of phosphoric acid groups is 1. The van der Waals surface area contributed by atoms with Gasteiger partial charge in [0.05, 0.1) is 37.7 Å². The molecule has 0 spiro atoms. The van der Waals surface area contributed by atoms with Gasteiger partial charge < -0.3 is 28.7 Å². The van der Waals surface area contributed by atoms with Crippen LogP contribution in [0.3, 0.4) is 0 Å². The molecule has 3 atom stereocenters. The summed E-state index contributed by atoms with van der Waals surface area (Å²) in [5.74, 6) is 0. The highest BCUT2D eigenvalue weighted by Crippen LogP contribution is 2.32. The van der Waals surface area contributed by atoms with Crippen LogP contribution in [0.1, 0.15) is 18.2 Å². The number of H-pyrrole nitrogens is 1. The molecule has 0 aliphatic carbocycles. The number of rotatable bonds is 5. The normalized spacial score (nSPS) is 22.1. The number of hydrogen-bond acceptors (Lipinski definition) is 9. The quantitative estimate of drug-likeness (QED) is 0.562. The fourth-order valence-electron chi connectivity index (χ4n) is 2.83. The smallest absolute Gasteiger partial charge is 0.330 e. The summed E-state index contributed by atoms with van der Waals surface area (Å²) in [6.45, 7) is -0.692. The van der Waals surface area contributed by atoms with Gasteiger partial charge in [-0.25, -0.2) is 4.79 Å². The van der Waals surface area contributed by atoms with Gasteiger partial charge in [-0.3, -0.25) is 14.3 Å².